The fraction of sp³-hybridized carbons (Fsp3) is 0.750. The molecule has 0 aromatic rings. The van der Waals surface area contributed by atoms with E-state index in [1.165, 1.54) is 0 Å². The molecule has 3 nitrogen and oxygen atoms in total. The maximum atomic E-state index is 12.4. The topological polar surface area (TPSA) is 35.5 Å². The van der Waals surface area contributed by atoms with Gasteiger partial charge in [-0.3, -0.25) is 0 Å². The molecule has 0 saturated carbocycles. The molecule has 1 aliphatic heterocycles. The molecule has 1 heterocycles. The van der Waals surface area contributed by atoms with E-state index in [-0.39, 0.29) is 0 Å². The second-order valence-corrected chi connectivity index (χ2v) is 1.87. The molecule has 0 aromatic carbocycles. The van der Waals surface area contributed by atoms with Gasteiger partial charge in [0.2, 0.25) is 0 Å². The molecule has 1 fully saturated rings. The van der Waals surface area contributed by atoms with Gasteiger partial charge in [-0.15, -0.1) is 0 Å². The first-order chi connectivity index (χ1) is 4.85. The zero-order valence-corrected chi connectivity index (χ0v) is 4.94. The third-order valence-corrected chi connectivity index (χ3v) is 1.04. The molecule has 1 aliphatic rings. The molecule has 1 rings (SSSR count). The van der Waals surface area contributed by atoms with E-state index >= 15 is 0 Å². The normalized spacial score (nSPS) is 31.5. The number of carbonyl (C=O) groups excluding carboxylic acids is 1. The van der Waals surface area contributed by atoms with Crippen molar-refractivity contribution in [1.29, 1.82) is 0 Å². The second-order valence-electron chi connectivity index (χ2n) is 1.87. The molecular formula is C4H2F4O3. The van der Waals surface area contributed by atoms with Gasteiger partial charge in [0.25, 0.3) is 0 Å². The van der Waals surface area contributed by atoms with Gasteiger partial charge in [0.05, 0.1) is 0 Å². The first kappa shape index (κ1) is 8.09. The van der Waals surface area contributed by atoms with Crippen molar-refractivity contribution < 1.29 is 31.8 Å². The molecule has 1 atom stereocenters. The van der Waals surface area contributed by atoms with Crippen molar-refractivity contribution in [3.8, 4) is 0 Å². The van der Waals surface area contributed by atoms with Gasteiger partial charge in [-0.1, -0.05) is 0 Å². The van der Waals surface area contributed by atoms with Crippen molar-refractivity contribution in [2.45, 2.75) is 12.0 Å². The van der Waals surface area contributed by atoms with E-state index in [0.29, 0.717) is 0 Å². The van der Waals surface area contributed by atoms with E-state index in [1.807, 2.05) is 0 Å². The van der Waals surface area contributed by atoms with Gasteiger partial charge in [-0.25, -0.2) is 4.79 Å². The Morgan fingerprint density at radius 2 is 2.00 bits per heavy atom. The number of halogens is 4. The highest BCUT2D eigenvalue weighted by Gasteiger charge is 2.64. The van der Waals surface area contributed by atoms with Crippen LogP contribution in [-0.4, -0.2) is 24.8 Å². The van der Waals surface area contributed by atoms with Crippen LogP contribution in [0.15, 0.2) is 0 Å². The van der Waals surface area contributed by atoms with Crippen LogP contribution in [0.25, 0.3) is 0 Å². The van der Waals surface area contributed by atoms with Crippen LogP contribution >= 0.6 is 0 Å². The Labute approximate surface area is 57.9 Å². The number of cyclic esters (lactones) is 2. The van der Waals surface area contributed by atoms with Gasteiger partial charge in [-0.2, -0.15) is 17.6 Å². The van der Waals surface area contributed by atoms with Gasteiger partial charge in [0.15, 0.2) is 6.61 Å². The molecule has 11 heavy (non-hydrogen) atoms. The Morgan fingerprint density at radius 3 is 2.18 bits per heavy atom. The van der Waals surface area contributed by atoms with E-state index in [1.54, 1.807) is 0 Å². The third kappa shape index (κ3) is 1.22. The summed E-state index contributed by atoms with van der Waals surface area (Å²) in [4.78, 5) is 9.92. The Balaban J connectivity index is 2.77. The lowest BCUT2D eigenvalue weighted by Crippen LogP contribution is -2.43. The smallest absolute Gasteiger partial charge is 0.426 e. The van der Waals surface area contributed by atoms with E-state index in [2.05, 4.69) is 9.47 Å². The summed E-state index contributed by atoms with van der Waals surface area (Å²) >= 11 is 0. The van der Waals surface area contributed by atoms with Crippen LogP contribution in [0.4, 0.5) is 22.4 Å². The number of hydrogen-bond acceptors (Lipinski definition) is 3. The van der Waals surface area contributed by atoms with Crippen LogP contribution in [0, 0.1) is 0 Å². The minimum Gasteiger partial charge on any atom is -0.426 e. The summed E-state index contributed by atoms with van der Waals surface area (Å²) in [7, 11) is 0. The molecule has 0 amide bonds. The zero-order valence-electron chi connectivity index (χ0n) is 4.94. The predicted molar refractivity (Wildman–Crippen MR) is 22.3 cm³/mol. The molecule has 0 spiro atoms. The van der Waals surface area contributed by atoms with Crippen LogP contribution < -0.4 is 0 Å². The number of rotatable bonds is 0. The largest absolute Gasteiger partial charge is 0.511 e. The molecule has 7 heteroatoms. The number of ether oxygens (including phenoxy) is 2. The summed E-state index contributed by atoms with van der Waals surface area (Å²) in [6.07, 6.45) is -6.89. The molecule has 64 valence electrons. The van der Waals surface area contributed by atoms with Crippen molar-refractivity contribution in [3.05, 3.63) is 0 Å². The summed E-state index contributed by atoms with van der Waals surface area (Å²) < 4.78 is 54.0. The lowest BCUT2D eigenvalue weighted by Gasteiger charge is -2.17. The van der Waals surface area contributed by atoms with E-state index in [0.717, 1.165) is 0 Å². The van der Waals surface area contributed by atoms with Gasteiger partial charge in [0, 0.05) is 0 Å². The number of alkyl halides is 4. The van der Waals surface area contributed by atoms with Crippen molar-refractivity contribution in [2.24, 2.45) is 0 Å². The van der Waals surface area contributed by atoms with Crippen molar-refractivity contribution in [2.75, 3.05) is 6.61 Å². The lowest BCUT2D eigenvalue weighted by molar-refractivity contribution is -0.299. The molecule has 0 N–H and O–H groups in total. The summed E-state index contributed by atoms with van der Waals surface area (Å²) in [6.45, 7) is -1.44. The quantitative estimate of drug-likeness (QED) is 0.411. The molecule has 0 radical (unpaired) electrons. The highest BCUT2D eigenvalue weighted by Crippen LogP contribution is 2.38. The van der Waals surface area contributed by atoms with Gasteiger partial charge >= 0.3 is 18.2 Å². The third-order valence-electron chi connectivity index (χ3n) is 1.04. The minimum absolute atomic E-state index is 1.44. The predicted octanol–water partition coefficient (Wildman–Crippen LogP) is 1.38. The van der Waals surface area contributed by atoms with Crippen molar-refractivity contribution in [3.63, 3.8) is 0 Å². The van der Waals surface area contributed by atoms with Crippen molar-refractivity contribution in [1.82, 2.24) is 0 Å². The standard InChI is InChI=1S/C4H2F4O3/c5-3(4(6,7)8)1-10-2(9)11-3/h1H2/t3-/m0/s1. The molecule has 1 saturated heterocycles. The molecule has 0 aromatic heterocycles. The fourth-order valence-corrected chi connectivity index (χ4v) is 0.482. The maximum absolute atomic E-state index is 12.4. The average molecular weight is 174 g/mol. The van der Waals surface area contributed by atoms with Gasteiger partial charge in [-0.05, 0) is 0 Å². The van der Waals surface area contributed by atoms with Crippen LogP contribution in [0.1, 0.15) is 0 Å². The Hall–Kier alpha value is -1.01. The fourth-order valence-electron chi connectivity index (χ4n) is 0.482. The van der Waals surface area contributed by atoms with Crippen molar-refractivity contribution >= 4 is 6.16 Å². The highest BCUT2D eigenvalue weighted by molar-refractivity contribution is 5.62. The van der Waals surface area contributed by atoms with Crippen LogP contribution in [0.3, 0.4) is 0 Å². The van der Waals surface area contributed by atoms with E-state index in [9.17, 15) is 22.4 Å². The van der Waals surface area contributed by atoms with Crippen LogP contribution in [-0.2, 0) is 9.47 Å². The summed E-state index contributed by atoms with van der Waals surface area (Å²) in [5, 5.41) is 0. The van der Waals surface area contributed by atoms with Gasteiger partial charge < -0.3 is 9.47 Å². The number of hydrogen-bond donors (Lipinski definition) is 0. The average Bonchev–Trinajstić information content (AvgIpc) is 2.10. The SMILES string of the molecule is O=C1OC[C@@](F)(C(F)(F)F)O1. The Bertz CT molecular complexity index is 188. The zero-order chi connectivity index (χ0) is 8.70. The summed E-state index contributed by atoms with van der Waals surface area (Å²) in [5.74, 6) is -3.97. The summed E-state index contributed by atoms with van der Waals surface area (Å²) in [5.41, 5.74) is 0. The van der Waals surface area contributed by atoms with E-state index in [4.69, 9.17) is 0 Å². The second kappa shape index (κ2) is 1.99. The number of carbonyl (C=O) groups is 1. The van der Waals surface area contributed by atoms with Crippen LogP contribution in [0.5, 0.6) is 0 Å². The lowest BCUT2D eigenvalue weighted by atomic mass is 10.3. The maximum Gasteiger partial charge on any atom is 0.511 e. The van der Waals surface area contributed by atoms with Crippen LogP contribution in [0.2, 0.25) is 0 Å². The monoisotopic (exact) mass is 174 g/mol. The molecular weight excluding hydrogens is 172 g/mol. The molecule has 0 unspecified atom stereocenters. The first-order valence-corrected chi connectivity index (χ1v) is 2.46. The molecule has 0 bridgehead atoms. The Morgan fingerprint density at radius 1 is 1.45 bits per heavy atom. The van der Waals surface area contributed by atoms with Gasteiger partial charge in [0.1, 0.15) is 0 Å². The highest BCUT2D eigenvalue weighted by atomic mass is 19.4. The summed E-state index contributed by atoms with van der Waals surface area (Å²) in [6, 6.07) is 0. The minimum atomic E-state index is -5.24. The first-order valence-electron chi connectivity index (χ1n) is 2.46. The van der Waals surface area contributed by atoms with E-state index < -0.39 is 24.8 Å². The molecule has 0 aliphatic carbocycles. The Kier molecular flexibility index (Phi) is 1.46.